The lowest BCUT2D eigenvalue weighted by molar-refractivity contribution is -0.124. The Hall–Kier alpha value is -4.33. The molecule has 1 saturated carbocycles. The smallest absolute Gasteiger partial charge is 0.407 e. The molecule has 2 aromatic heterocycles. The fraction of sp³-hybridized carbons (Fsp3) is 0.462. The van der Waals surface area contributed by atoms with E-state index >= 15 is 0 Å². The van der Waals surface area contributed by atoms with Crippen LogP contribution in [0.4, 0.5) is 9.59 Å². The van der Waals surface area contributed by atoms with E-state index in [1.54, 1.807) is 27.9 Å². The van der Waals surface area contributed by atoms with Gasteiger partial charge in [-0.3, -0.25) is 9.78 Å². The monoisotopic (exact) mass is 746 g/mol. The first-order valence-corrected chi connectivity index (χ1v) is 19.7. The first-order chi connectivity index (χ1) is 25.0. The number of benzene rings is 2. The van der Waals surface area contributed by atoms with Gasteiger partial charge in [0.2, 0.25) is 5.91 Å². The Morgan fingerprint density at radius 1 is 0.923 bits per heavy atom. The summed E-state index contributed by atoms with van der Waals surface area (Å²) in [7, 11) is 0. The van der Waals surface area contributed by atoms with E-state index in [0.717, 1.165) is 39.5 Å². The van der Waals surface area contributed by atoms with Crippen molar-refractivity contribution in [2.45, 2.75) is 109 Å². The van der Waals surface area contributed by atoms with Gasteiger partial charge in [-0.05, 0) is 49.1 Å². The number of hydrogen-bond donors (Lipinski definition) is 4. The molecule has 278 valence electrons. The number of thiazole rings is 2. The van der Waals surface area contributed by atoms with Crippen LogP contribution in [0, 0.1) is 5.92 Å². The Balaban J connectivity index is 1.29. The second-order valence-electron chi connectivity index (χ2n) is 14.0. The van der Waals surface area contributed by atoms with E-state index in [2.05, 4.69) is 34.8 Å². The van der Waals surface area contributed by atoms with Crippen LogP contribution in [0.3, 0.4) is 0 Å². The van der Waals surface area contributed by atoms with Crippen molar-refractivity contribution in [3.8, 4) is 0 Å². The zero-order chi connectivity index (χ0) is 37.0. The van der Waals surface area contributed by atoms with E-state index < -0.39 is 30.3 Å². The molecule has 11 nitrogen and oxygen atoms in total. The van der Waals surface area contributed by atoms with Gasteiger partial charge in [-0.15, -0.1) is 22.7 Å². The number of carbonyl (C=O) groups is 3. The molecule has 4 aromatic rings. The molecule has 1 aliphatic rings. The Bertz CT molecular complexity index is 1700. The molecule has 0 unspecified atom stereocenters. The van der Waals surface area contributed by atoms with E-state index in [4.69, 9.17) is 9.72 Å². The first-order valence-electron chi connectivity index (χ1n) is 17.9. The Morgan fingerprint density at radius 3 is 2.17 bits per heavy atom. The quantitative estimate of drug-likeness (QED) is 0.0918. The average molecular weight is 747 g/mol. The summed E-state index contributed by atoms with van der Waals surface area (Å²) in [4.78, 5) is 52.1. The highest BCUT2D eigenvalue weighted by Crippen LogP contribution is 2.29. The second-order valence-corrected chi connectivity index (χ2v) is 15.9. The van der Waals surface area contributed by atoms with Crippen molar-refractivity contribution in [1.82, 2.24) is 30.8 Å². The number of hydrogen-bond acceptors (Lipinski definition) is 9. The van der Waals surface area contributed by atoms with Gasteiger partial charge >= 0.3 is 12.1 Å². The molecular weight excluding hydrogens is 697 g/mol. The van der Waals surface area contributed by atoms with Crippen molar-refractivity contribution in [3.05, 3.63) is 104 Å². The molecule has 4 atom stereocenters. The van der Waals surface area contributed by atoms with Gasteiger partial charge in [-0.1, -0.05) is 88.4 Å². The number of alkyl carbamates (subject to hydrolysis) is 1. The van der Waals surface area contributed by atoms with E-state index in [9.17, 15) is 19.5 Å². The molecule has 1 aliphatic carbocycles. The third kappa shape index (κ3) is 11.9. The molecule has 0 saturated heterocycles. The van der Waals surface area contributed by atoms with Crippen molar-refractivity contribution >= 4 is 40.7 Å². The van der Waals surface area contributed by atoms with Crippen LogP contribution in [-0.4, -0.2) is 68.3 Å². The standard InChI is InChI=1S/C39H50N6O5S2/c1-25(2)35(44-38(48)45(31-15-16-31)21-30-23-51-37(42-30)26(3)4)36(47)41-29(17-27-11-7-5-8-12-27)19-34(46)33(18-28-13-9-6-10-14-28)43-39(49)50-22-32-20-40-24-52-32/h5-14,20,23-26,29,31,33-35,46H,15-19,21-22H2,1-4H3,(H,41,47)(H,43,49)(H,44,48)/t29-,33-,34-,35-/m0/s1. The summed E-state index contributed by atoms with van der Waals surface area (Å²) in [5.74, 6) is -0.231. The van der Waals surface area contributed by atoms with Crippen molar-refractivity contribution < 1.29 is 24.2 Å². The maximum Gasteiger partial charge on any atom is 0.407 e. The minimum Gasteiger partial charge on any atom is -0.444 e. The van der Waals surface area contributed by atoms with Crippen molar-refractivity contribution in [3.63, 3.8) is 0 Å². The van der Waals surface area contributed by atoms with Crippen LogP contribution in [0.15, 0.2) is 77.8 Å². The first kappa shape index (κ1) is 38.9. The van der Waals surface area contributed by atoms with Crippen LogP contribution in [-0.2, 0) is 35.5 Å². The summed E-state index contributed by atoms with van der Waals surface area (Å²) in [6.07, 6.45) is 2.71. The number of nitrogens with zero attached hydrogens (tertiary/aromatic N) is 3. The minimum atomic E-state index is -1.04. The van der Waals surface area contributed by atoms with E-state index in [0.29, 0.717) is 25.3 Å². The molecule has 2 aromatic carbocycles. The van der Waals surface area contributed by atoms with Crippen LogP contribution >= 0.6 is 22.7 Å². The summed E-state index contributed by atoms with van der Waals surface area (Å²) in [5.41, 5.74) is 4.43. The molecule has 0 bridgehead atoms. The van der Waals surface area contributed by atoms with Crippen molar-refractivity contribution in [1.29, 1.82) is 0 Å². The molecule has 13 heteroatoms. The van der Waals surface area contributed by atoms with Gasteiger partial charge in [0.1, 0.15) is 12.6 Å². The van der Waals surface area contributed by atoms with Gasteiger partial charge in [-0.25, -0.2) is 14.6 Å². The van der Waals surface area contributed by atoms with Gasteiger partial charge < -0.3 is 30.7 Å². The number of rotatable bonds is 18. The van der Waals surface area contributed by atoms with E-state index in [-0.39, 0.29) is 36.9 Å². The highest BCUT2D eigenvalue weighted by molar-refractivity contribution is 7.09. The normalized spacial score (nSPS) is 15.1. The molecule has 4 N–H and O–H groups in total. The maximum absolute atomic E-state index is 14.1. The molecule has 52 heavy (non-hydrogen) atoms. The highest BCUT2D eigenvalue weighted by Gasteiger charge is 2.36. The van der Waals surface area contributed by atoms with Crippen molar-refractivity contribution in [2.24, 2.45) is 5.92 Å². The highest BCUT2D eigenvalue weighted by atomic mass is 32.1. The van der Waals surface area contributed by atoms with Crippen LogP contribution < -0.4 is 16.0 Å². The number of urea groups is 1. The molecule has 5 rings (SSSR count). The number of nitrogens with one attached hydrogen (secondary N) is 3. The number of carbonyl (C=O) groups excluding carboxylic acids is 3. The predicted molar refractivity (Wildman–Crippen MR) is 204 cm³/mol. The fourth-order valence-corrected chi connectivity index (χ4v) is 7.30. The van der Waals surface area contributed by atoms with E-state index in [1.807, 2.05) is 79.9 Å². The zero-order valence-electron chi connectivity index (χ0n) is 30.2. The zero-order valence-corrected chi connectivity index (χ0v) is 31.9. The van der Waals surface area contributed by atoms with Gasteiger partial charge in [0.25, 0.3) is 0 Å². The van der Waals surface area contributed by atoms with Crippen LogP contribution in [0.1, 0.15) is 79.6 Å². The lowest BCUT2D eigenvalue weighted by Gasteiger charge is -2.31. The Labute approximate surface area is 314 Å². The Morgan fingerprint density at radius 2 is 1.60 bits per heavy atom. The largest absolute Gasteiger partial charge is 0.444 e. The van der Waals surface area contributed by atoms with Gasteiger partial charge in [-0.2, -0.15) is 0 Å². The summed E-state index contributed by atoms with van der Waals surface area (Å²) >= 11 is 2.99. The predicted octanol–water partition coefficient (Wildman–Crippen LogP) is 6.44. The van der Waals surface area contributed by atoms with Crippen molar-refractivity contribution in [2.75, 3.05) is 0 Å². The third-order valence-corrected chi connectivity index (χ3v) is 10.9. The molecule has 1 fully saturated rings. The van der Waals surface area contributed by atoms with Crippen LogP contribution in [0.25, 0.3) is 0 Å². The number of aliphatic hydroxyl groups excluding tert-OH is 1. The molecule has 0 spiro atoms. The third-order valence-electron chi connectivity index (χ3n) is 8.96. The van der Waals surface area contributed by atoms with Gasteiger partial charge in [0.05, 0.1) is 39.8 Å². The molecule has 0 aliphatic heterocycles. The van der Waals surface area contributed by atoms with E-state index in [1.165, 1.54) is 11.3 Å². The second kappa shape index (κ2) is 19.0. The average Bonchev–Trinajstić information content (AvgIpc) is 3.60. The topological polar surface area (TPSA) is 146 Å². The fourth-order valence-electron chi connectivity index (χ4n) is 5.97. The lowest BCUT2D eigenvalue weighted by Crippen LogP contribution is -2.56. The van der Waals surface area contributed by atoms with Crippen LogP contribution in [0.5, 0.6) is 0 Å². The lowest BCUT2D eigenvalue weighted by atomic mass is 9.93. The Kier molecular flexibility index (Phi) is 14.2. The molecule has 0 radical (unpaired) electrons. The summed E-state index contributed by atoms with van der Waals surface area (Å²) in [5, 5.41) is 23.8. The number of ether oxygens (including phenoxy) is 1. The van der Waals surface area contributed by atoms with Gasteiger partial charge in [0, 0.05) is 29.6 Å². The van der Waals surface area contributed by atoms with Crippen LogP contribution in [0.2, 0.25) is 0 Å². The summed E-state index contributed by atoms with van der Waals surface area (Å²) < 4.78 is 5.45. The summed E-state index contributed by atoms with van der Waals surface area (Å²) in [6.45, 7) is 8.46. The maximum atomic E-state index is 14.1. The number of aromatic nitrogens is 2. The SMILES string of the molecule is CC(C)c1nc(CN(C(=O)N[C@H](C(=O)N[C@@H](Cc2ccccc2)C[C@H](O)[C@H](Cc2ccccc2)NC(=O)OCc2cncs2)C(C)C)C2CC2)cs1. The number of amides is 4. The minimum absolute atomic E-state index is 0.0700. The number of aliphatic hydroxyl groups is 1. The molecular formula is C39H50N6O5S2. The summed E-state index contributed by atoms with van der Waals surface area (Å²) in [6, 6.07) is 17.1. The molecule has 2 heterocycles. The molecule has 4 amide bonds. The van der Waals surface area contributed by atoms with Gasteiger partial charge in [0.15, 0.2) is 0 Å².